The number of nitrogens with zero attached hydrogens (tertiary/aromatic N) is 3. The number of carbonyl (C=O) groups excluding carboxylic acids is 1. The Kier molecular flexibility index (Phi) is 2.67. The lowest BCUT2D eigenvalue weighted by atomic mass is 10.1. The van der Waals surface area contributed by atoms with Crippen LogP contribution in [0.4, 0.5) is 0 Å². The molecule has 0 aromatic carbocycles. The second-order valence-electron chi connectivity index (χ2n) is 4.82. The van der Waals surface area contributed by atoms with Crippen LogP contribution in [0, 0.1) is 0 Å². The molecule has 0 saturated heterocycles. The normalized spacial score (nSPS) is 11.3. The van der Waals surface area contributed by atoms with Crippen LogP contribution in [0.2, 0.25) is 0 Å². The Hall–Kier alpha value is -2.43. The summed E-state index contributed by atoms with van der Waals surface area (Å²) >= 11 is 0. The van der Waals surface area contributed by atoms with Crippen LogP contribution in [0.1, 0.15) is 35.8 Å². The van der Waals surface area contributed by atoms with Crippen molar-refractivity contribution in [2.45, 2.75) is 19.8 Å². The number of nitrogens with one attached hydrogen (secondary N) is 1. The first kappa shape index (κ1) is 11.6. The number of hydrogen-bond donors (Lipinski definition) is 1. The Morgan fingerprint density at radius 3 is 2.89 bits per heavy atom. The number of aromatic amines is 1. The predicted molar refractivity (Wildman–Crippen MR) is 72.3 cm³/mol. The van der Waals surface area contributed by atoms with Crippen molar-refractivity contribution in [2.75, 3.05) is 0 Å². The largest absolute Gasteiger partial charge is 0.320 e. The van der Waals surface area contributed by atoms with Crippen LogP contribution in [-0.4, -0.2) is 25.9 Å². The summed E-state index contributed by atoms with van der Waals surface area (Å²) in [6.45, 7) is 4.21. The molecule has 0 bridgehead atoms. The maximum absolute atomic E-state index is 10.9. The highest BCUT2D eigenvalue weighted by atomic mass is 16.1. The zero-order valence-electron chi connectivity index (χ0n) is 10.8. The van der Waals surface area contributed by atoms with Crippen molar-refractivity contribution in [1.29, 1.82) is 0 Å². The second kappa shape index (κ2) is 4.35. The van der Waals surface area contributed by atoms with Gasteiger partial charge in [0.25, 0.3) is 0 Å². The summed E-state index contributed by atoms with van der Waals surface area (Å²) in [7, 11) is 0. The molecule has 0 aliphatic carbocycles. The number of carbonyl (C=O) groups is 1. The smallest absolute Gasteiger partial charge is 0.151 e. The van der Waals surface area contributed by atoms with Gasteiger partial charge < -0.3 is 4.40 Å². The molecule has 3 rings (SSSR count). The van der Waals surface area contributed by atoms with E-state index >= 15 is 0 Å². The van der Waals surface area contributed by atoms with Crippen LogP contribution < -0.4 is 0 Å². The van der Waals surface area contributed by atoms with Crippen molar-refractivity contribution in [3.63, 3.8) is 0 Å². The Balaban J connectivity index is 2.17. The van der Waals surface area contributed by atoms with Gasteiger partial charge in [-0.1, -0.05) is 13.8 Å². The zero-order chi connectivity index (χ0) is 13.4. The first-order valence-corrected chi connectivity index (χ1v) is 6.16. The van der Waals surface area contributed by atoms with Gasteiger partial charge in [0.2, 0.25) is 0 Å². The van der Waals surface area contributed by atoms with Gasteiger partial charge in [-0.15, -0.1) is 0 Å². The summed E-state index contributed by atoms with van der Waals surface area (Å²) in [6, 6.07) is 3.82. The molecule has 0 fully saturated rings. The van der Waals surface area contributed by atoms with Crippen molar-refractivity contribution in [2.24, 2.45) is 0 Å². The van der Waals surface area contributed by atoms with E-state index in [0.29, 0.717) is 11.5 Å². The molecule has 0 radical (unpaired) electrons. The van der Waals surface area contributed by atoms with Crippen molar-refractivity contribution in [3.8, 4) is 11.4 Å². The second-order valence-corrected chi connectivity index (χ2v) is 4.82. The Morgan fingerprint density at radius 2 is 2.21 bits per heavy atom. The van der Waals surface area contributed by atoms with E-state index in [0.717, 1.165) is 28.9 Å². The van der Waals surface area contributed by atoms with E-state index in [1.165, 1.54) is 0 Å². The SMILES string of the molecule is CC(C)c1cc(-c2nccn3cc(C=O)cc23)n[nH]1. The molecule has 3 aromatic heterocycles. The van der Waals surface area contributed by atoms with Crippen molar-refractivity contribution >= 4 is 11.8 Å². The number of aldehydes is 1. The summed E-state index contributed by atoms with van der Waals surface area (Å²) in [4.78, 5) is 15.2. The molecule has 5 heteroatoms. The van der Waals surface area contributed by atoms with Crippen molar-refractivity contribution < 1.29 is 4.79 Å². The molecule has 19 heavy (non-hydrogen) atoms. The molecule has 1 N–H and O–H groups in total. The molecule has 0 aliphatic rings. The lowest BCUT2D eigenvalue weighted by Crippen LogP contribution is -1.89. The number of H-pyrrole nitrogens is 1. The Bertz CT molecular complexity index is 739. The van der Waals surface area contributed by atoms with Gasteiger partial charge in [-0.25, -0.2) is 0 Å². The van der Waals surface area contributed by atoms with Crippen LogP contribution >= 0.6 is 0 Å². The topological polar surface area (TPSA) is 63.1 Å². The molecule has 3 heterocycles. The first-order valence-electron chi connectivity index (χ1n) is 6.16. The van der Waals surface area contributed by atoms with Gasteiger partial charge in [-0.3, -0.25) is 14.9 Å². The van der Waals surface area contributed by atoms with Crippen molar-refractivity contribution in [3.05, 3.63) is 42.0 Å². The first-order chi connectivity index (χ1) is 9.19. The molecular weight excluding hydrogens is 240 g/mol. The maximum Gasteiger partial charge on any atom is 0.151 e. The molecule has 0 saturated carbocycles. The van der Waals surface area contributed by atoms with Crippen LogP contribution in [-0.2, 0) is 0 Å². The third kappa shape index (κ3) is 1.93. The summed E-state index contributed by atoms with van der Waals surface area (Å²) in [5.74, 6) is 0.387. The molecule has 0 amide bonds. The molecule has 96 valence electrons. The van der Waals surface area contributed by atoms with E-state index in [1.54, 1.807) is 12.4 Å². The highest BCUT2D eigenvalue weighted by molar-refractivity contribution is 5.83. The zero-order valence-corrected chi connectivity index (χ0v) is 10.8. The van der Waals surface area contributed by atoms with E-state index in [1.807, 2.05) is 22.7 Å². The van der Waals surface area contributed by atoms with E-state index < -0.39 is 0 Å². The molecule has 0 aliphatic heterocycles. The monoisotopic (exact) mass is 254 g/mol. The standard InChI is InChI=1S/C14H14N4O/c1-9(2)11-6-12(17-16-11)14-13-5-10(8-19)7-18(13)4-3-15-14/h3-9H,1-2H3,(H,16,17). The summed E-state index contributed by atoms with van der Waals surface area (Å²) < 4.78 is 1.88. The van der Waals surface area contributed by atoms with Gasteiger partial charge in [0.05, 0.1) is 5.52 Å². The van der Waals surface area contributed by atoms with E-state index in [2.05, 4.69) is 29.0 Å². The van der Waals surface area contributed by atoms with Gasteiger partial charge in [-0.2, -0.15) is 5.10 Å². The molecule has 3 aromatic rings. The minimum atomic E-state index is 0.387. The number of rotatable bonds is 3. The minimum Gasteiger partial charge on any atom is -0.320 e. The van der Waals surface area contributed by atoms with Gasteiger partial charge in [0.15, 0.2) is 6.29 Å². The average molecular weight is 254 g/mol. The van der Waals surface area contributed by atoms with Gasteiger partial charge in [0, 0.05) is 29.8 Å². The fourth-order valence-corrected chi connectivity index (χ4v) is 2.08. The lowest BCUT2D eigenvalue weighted by Gasteiger charge is -1.99. The van der Waals surface area contributed by atoms with Crippen LogP contribution in [0.15, 0.2) is 30.7 Å². The van der Waals surface area contributed by atoms with E-state index in [9.17, 15) is 4.79 Å². The third-order valence-electron chi connectivity index (χ3n) is 3.14. The maximum atomic E-state index is 10.9. The van der Waals surface area contributed by atoms with Crippen molar-refractivity contribution in [1.82, 2.24) is 19.6 Å². The predicted octanol–water partition coefficient (Wildman–Crippen LogP) is 2.66. The molecule has 0 atom stereocenters. The Labute approximate surface area is 110 Å². The number of aromatic nitrogens is 4. The van der Waals surface area contributed by atoms with Gasteiger partial charge in [-0.05, 0) is 18.1 Å². The Morgan fingerprint density at radius 1 is 1.37 bits per heavy atom. The molecule has 0 spiro atoms. The summed E-state index contributed by atoms with van der Waals surface area (Å²) in [5.41, 5.74) is 4.16. The van der Waals surface area contributed by atoms with Gasteiger partial charge >= 0.3 is 0 Å². The van der Waals surface area contributed by atoms with Gasteiger partial charge in [0.1, 0.15) is 11.4 Å². The van der Waals surface area contributed by atoms with Crippen LogP contribution in [0.25, 0.3) is 16.9 Å². The quantitative estimate of drug-likeness (QED) is 0.731. The molecular formula is C14H14N4O. The fraction of sp³-hybridized carbons (Fsp3) is 0.214. The van der Waals surface area contributed by atoms with Crippen LogP contribution in [0.3, 0.4) is 0 Å². The fourth-order valence-electron chi connectivity index (χ4n) is 2.08. The molecule has 5 nitrogen and oxygen atoms in total. The number of fused-ring (bicyclic) bond motifs is 1. The lowest BCUT2D eigenvalue weighted by molar-refractivity contribution is 0.112. The minimum absolute atomic E-state index is 0.387. The average Bonchev–Trinajstić information content (AvgIpc) is 3.04. The highest BCUT2D eigenvalue weighted by Gasteiger charge is 2.12. The van der Waals surface area contributed by atoms with Crippen LogP contribution in [0.5, 0.6) is 0 Å². The van der Waals surface area contributed by atoms with E-state index in [4.69, 9.17) is 0 Å². The summed E-state index contributed by atoms with van der Waals surface area (Å²) in [5, 5.41) is 7.32. The van der Waals surface area contributed by atoms with E-state index in [-0.39, 0.29) is 0 Å². The molecule has 0 unspecified atom stereocenters. The summed E-state index contributed by atoms with van der Waals surface area (Å²) in [6.07, 6.45) is 6.15. The third-order valence-corrected chi connectivity index (χ3v) is 3.14. The number of hydrogen-bond acceptors (Lipinski definition) is 3. The highest BCUT2D eigenvalue weighted by Crippen LogP contribution is 2.24.